The summed E-state index contributed by atoms with van der Waals surface area (Å²) in [5, 5.41) is 37.0. The molecule has 0 aliphatic rings. The van der Waals surface area contributed by atoms with Crippen LogP contribution in [-0.4, -0.2) is 32.7 Å². The van der Waals surface area contributed by atoms with Gasteiger partial charge in [0.2, 0.25) is 0 Å². The number of aromatic carboxylic acids is 1. The summed E-state index contributed by atoms with van der Waals surface area (Å²) in [5.41, 5.74) is 2.12. The van der Waals surface area contributed by atoms with Crippen molar-refractivity contribution in [2.75, 3.05) is 0 Å². The molecule has 0 fully saturated rings. The zero-order chi connectivity index (χ0) is 23.6. The molecule has 3 rings (SSSR count). The van der Waals surface area contributed by atoms with E-state index >= 15 is 0 Å². The maximum Gasteiger partial charge on any atom is 0.342 e. The van der Waals surface area contributed by atoms with Crippen LogP contribution in [0.1, 0.15) is 33.2 Å². The van der Waals surface area contributed by atoms with Crippen LogP contribution in [0.2, 0.25) is 10.0 Å². The minimum atomic E-state index is -1.48. The summed E-state index contributed by atoms with van der Waals surface area (Å²) in [7, 11) is 0. The number of benzene rings is 2. The molecule has 0 saturated heterocycles. The lowest BCUT2D eigenvalue weighted by atomic mass is 10.1. The number of carbonyl (C=O) groups excluding carboxylic acids is 1. The van der Waals surface area contributed by atoms with E-state index in [1.807, 2.05) is 0 Å². The van der Waals surface area contributed by atoms with Crippen LogP contribution >= 0.6 is 34.5 Å². The minimum Gasteiger partial charge on any atom is -0.506 e. The smallest absolute Gasteiger partial charge is 0.342 e. The first-order valence-electron chi connectivity index (χ1n) is 8.72. The molecule has 0 atom stereocenters. The lowest BCUT2D eigenvalue weighted by Gasteiger charge is -2.05. The lowest BCUT2D eigenvalue weighted by Crippen LogP contribution is -2.19. The molecule has 0 aliphatic heterocycles. The topological polar surface area (TPSA) is 142 Å². The number of halogens is 2. The first-order valence-corrected chi connectivity index (χ1v) is 10.4. The number of carboxylic acids is 1. The molecule has 0 bridgehead atoms. The number of carboxylic acid groups (broad SMARTS) is 1. The first kappa shape index (κ1) is 23.2. The van der Waals surface area contributed by atoms with Crippen LogP contribution < -0.4 is 5.43 Å². The van der Waals surface area contributed by atoms with Gasteiger partial charge in [0, 0.05) is 17.0 Å². The summed E-state index contributed by atoms with van der Waals surface area (Å²) in [5.74, 6) is -2.34. The molecule has 9 nitrogen and oxygen atoms in total. The SMILES string of the molecule is C/C(=N\NC(=O)c1ccc(C(=O)O)c([N+](=O)[O-])c1)c1csc(-c2ccc(Cl)c(Cl)c2)c1O. The zero-order valence-electron chi connectivity index (χ0n) is 16.1. The molecule has 2 aromatic carbocycles. The third-order valence-corrected chi connectivity index (χ3v) is 6.11. The van der Waals surface area contributed by atoms with Gasteiger partial charge in [-0.1, -0.05) is 29.3 Å². The fourth-order valence-electron chi connectivity index (χ4n) is 2.71. The molecule has 1 amide bonds. The molecule has 0 unspecified atom stereocenters. The Kier molecular flexibility index (Phi) is 6.78. The summed E-state index contributed by atoms with van der Waals surface area (Å²) in [6.45, 7) is 1.55. The quantitative estimate of drug-likeness (QED) is 0.245. The van der Waals surface area contributed by atoms with Crippen LogP contribution in [0.3, 0.4) is 0 Å². The summed E-state index contributed by atoms with van der Waals surface area (Å²) >= 11 is 13.2. The summed E-state index contributed by atoms with van der Waals surface area (Å²) in [6.07, 6.45) is 0. The van der Waals surface area contributed by atoms with Crippen molar-refractivity contribution >= 4 is 57.8 Å². The van der Waals surface area contributed by atoms with E-state index in [9.17, 15) is 24.8 Å². The molecule has 0 saturated carbocycles. The van der Waals surface area contributed by atoms with E-state index in [-0.39, 0.29) is 17.0 Å². The Balaban J connectivity index is 1.83. The number of hydrogen-bond acceptors (Lipinski definition) is 7. The highest BCUT2D eigenvalue weighted by Gasteiger charge is 2.22. The summed E-state index contributed by atoms with van der Waals surface area (Å²) in [6, 6.07) is 7.88. The number of amides is 1. The van der Waals surface area contributed by atoms with Gasteiger partial charge in [-0.2, -0.15) is 5.10 Å². The maximum atomic E-state index is 12.3. The van der Waals surface area contributed by atoms with Crippen molar-refractivity contribution in [2.45, 2.75) is 6.92 Å². The second kappa shape index (κ2) is 9.35. The highest BCUT2D eigenvalue weighted by atomic mass is 35.5. The van der Waals surface area contributed by atoms with Crippen LogP contribution in [0, 0.1) is 10.1 Å². The third-order valence-electron chi connectivity index (χ3n) is 4.35. The van der Waals surface area contributed by atoms with E-state index in [0.29, 0.717) is 26.0 Å². The van der Waals surface area contributed by atoms with Crippen molar-refractivity contribution in [2.24, 2.45) is 5.10 Å². The Bertz CT molecular complexity index is 1290. The van der Waals surface area contributed by atoms with Gasteiger partial charge in [-0.05, 0) is 36.8 Å². The standard InChI is InChI=1S/C20H13Cl2N3O6S/c1-9(13-8-32-18(17(13)26)10-3-5-14(21)15(22)6-10)23-24-19(27)11-2-4-12(20(28)29)16(7-11)25(30)31/h2-8,26H,1H3,(H,24,27)(H,28,29)/b23-9+. The van der Waals surface area contributed by atoms with Crippen molar-refractivity contribution in [1.82, 2.24) is 5.43 Å². The monoisotopic (exact) mass is 493 g/mol. The Labute approximate surface area is 194 Å². The highest BCUT2D eigenvalue weighted by Crippen LogP contribution is 2.40. The minimum absolute atomic E-state index is 0.0645. The van der Waals surface area contributed by atoms with Crippen molar-refractivity contribution in [1.29, 1.82) is 0 Å². The van der Waals surface area contributed by atoms with Gasteiger partial charge in [0.05, 0.1) is 31.1 Å². The van der Waals surface area contributed by atoms with Crippen molar-refractivity contribution in [3.63, 3.8) is 0 Å². The number of thiophene rings is 1. The highest BCUT2D eigenvalue weighted by molar-refractivity contribution is 7.14. The zero-order valence-corrected chi connectivity index (χ0v) is 18.5. The predicted octanol–water partition coefficient (Wildman–Crippen LogP) is 5.19. The molecular weight excluding hydrogens is 481 g/mol. The molecule has 0 aliphatic carbocycles. The number of nitrogens with zero attached hydrogens (tertiary/aromatic N) is 2. The molecule has 3 aromatic rings. The molecule has 164 valence electrons. The van der Waals surface area contributed by atoms with Crippen molar-refractivity contribution in [3.8, 4) is 16.2 Å². The summed E-state index contributed by atoms with van der Waals surface area (Å²) in [4.78, 5) is 34.2. The van der Waals surface area contributed by atoms with Crippen molar-refractivity contribution < 1.29 is 24.7 Å². The number of nitrogens with one attached hydrogen (secondary N) is 1. The van der Waals surface area contributed by atoms with Crippen LogP contribution in [0.4, 0.5) is 5.69 Å². The van der Waals surface area contributed by atoms with Crippen LogP contribution in [-0.2, 0) is 0 Å². The Hall–Kier alpha value is -3.47. The van der Waals surface area contributed by atoms with E-state index in [4.69, 9.17) is 28.3 Å². The second-order valence-corrected chi connectivity index (χ2v) is 8.08. The average molecular weight is 494 g/mol. The largest absolute Gasteiger partial charge is 0.506 e. The molecule has 1 heterocycles. The lowest BCUT2D eigenvalue weighted by molar-refractivity contribution is -0.385. The van der Waals surface area contributed by atoms with Gasteiger partial charge in [-0.15, -0.1) is 11.3 Å². The molecule has 32 heavy (non-hydrogen) atoms. The number of carbonyl (C=O) groups is 2. The van der Waals surface area contributed by atoms with E-state index < -0.39 is 28.1 Å². The number of hydrogen-bond donors (Lipinski definition) is 3. The molecule has 0 radical (unpaired) electrons. The molecule has 12 heteroatoms. The van der Waals surface area contributed by atoms with Gasteiger partial charge >= 0.3 is 5.97 Å². The van der Waals surface area contributed by atoms with Crippen molar-refractivity contribution in [3.05, 3.63) is 78.6 Å². The van der Waals surface area contributed by atoms with Crippen LogP contribution in [0.25, 0.3) is 10.4 Å². The average Bonchev–Trinajstić information content (AvgIpc) is 3.14. The number of rotatable bonds is 6. The summed E-state index contributed by atoms with van der Waals surface area (Å²) < 4.78 is 0. The number of aromatic hydroxyl groups is 1. The van der Waals surface area contributed by atoms with E-state index in [2.05, 4.69) is 10.5 Å². The predicted molar refractivity (Wildman–Crippen MR) is 121 cm³/mol. The van der Waals surface area contributed by atoms with Gasteiger partial charge in [-0.3, -0.25) is 14.9 Å². The number of hydrazone groups is 1. The number of nitro benzene ring substituents is 1. The van der Waals surface area contributed by atoms with Gasteiger partial charge in [0.15, 0.2) is 0 Å². The first-order chi connectivity index (χ1) is 15.1. The molecule has 1 aromatic heterocycles. The van der Waals surface area contributed by atoms with E-state index in [1.165, 1.54) is 11.3 Å². The van der Waals surface area contributed by atoms with Gasteiger partial charge < -0.3 is 10.2 Å². The Morgan fingerprint density at radius 2 is 1.84 bits per heavy atom. The van der Waals surface area contributed by atoms with Crippen LogP contribution in [0.5, 0.6) is 5.75 Å². The van der Waals surface area contributed by atoms with Crippen LogP contribution in [0.15, 0.2) is 46.9 Å². The fraction of sp³-hybridized carbons (Fsp3) is 0.0500. The molecule has 3 N–H and O–H groups in total. The van der Waals surface area contributed by atoms with E-state index in [1.54, 1.807) is 30.5 Å². The maximum absolute atomic E-state index is 12.3. The molecular formula is C20H13Cl2N3O6S. The fourth-order valence-corrected chi connectivity index (χ4v) is 4.02. The normalized spacial score (nSPS) is 11.3. The Morgan fingerprint density at radius 3 is 2.47 bits per heavy atom. The van der Waals surface area contributed by atoms with Gasteiger partial charge in [-0.25, -0.2) is 10.2 Å². The van der Waals surface area contributed by atoms with Gasteiger partial charge in [0.1, 0.15) is 11.3 Å². The Morgan fingerprint density at radius 1 is 1.12 bits per heavy atom. The third kappa shape index (κ3) is 4.72. The van der Waals surface area contributed by atoms with Gasteiger partial charge in [0.25, 0.3) is 11.6 Å². The molecule has 0 spiro atoms. The van der Waals surface area contributed by atoms with E-state index in [0.717, 1.165) is 18.2 Å². The second-order valence-electron chi connectivity index (χ2n) is 6.39. The number of nitro groups is 1.